The van der Waals surface area contributed by atoms with Crippen LogP contribution in [0.5, 0.6) is 0 Å². The smallest absolute Gasteiger partial charge is 0.340 e. The number of rotatable bonds is 5. The molecule has 0 aromatic heterocycles. The van der Waals surface area contributed by atoms with Crippen LogP contribution in [0.2, 0.25) is 5.02 Å². The van der Waals surface area contributed by atoms with Crippen molar-refractivity contribution in [2.24, 2.45) is 0 Å². The maximum Gasteiger partial charge on any atom is 0.340 e. The summed E-state index contributed by atoms with van der Waals surface area (Å²) in [5.41, 5.74) is -0.0906. The lowest BCUT2D eigenvalue weighted by atomic mass is 9.97. The molecule has 0 N–H and O–H groups in total. The van der Waals surface area contributed by atoms with Gasteiger partial charge in [-0.3, -0.25) is 4.79 Å². The van der Waals surface area contributed by atoms with Gasteiger partial charge >= 0.3 is 5.97 Å². The number of halogens is 1. The van der Waals surface area contributed by atoms with Gasteiger partial charge in [-0.15, -0.1) is 0 Å². The average Bonchev–Trinajstić information content (AvgIpc) is 2.59. The van der Waals surface area contributed by atoms with Crippen LogP contribution in [0.1, 0.15) is 43.5 Å². The number of esters is 1. The van der Waals surface area contributed by atoms with Crippen LogP contribution in [-0.2, 0) is 19.6 Å². The first-order valence-electron chi connectivity index (χ1n) is 8.76. The van der Waals surface area contributed by atoms with E-state index in [1.807, 2.05) is 13.8 Å². The van der Waals surface area contributed by atoms with Crippen LogP contribution in [0, 0.1) is 0 Å². The Morgan fingerprint density at radius 1 is 1.22 bits per heavy atom. The van der Waals surface area contributed by atoms with E-state index in [1.54, 1.807) is 4.90 Å². The minimum atomic E-state index is -3.72. The molecule has 1 fully saturated rings. The molecule has 0 bridgehead atoms. The fourth-order valence-corrected chi connectivity index (χ4v) is 4.35. The molecule has 1 amide bonds. The van der Waals surface area contributed by atoms with Crippen molar-refractivity contribution in [1.82, 2.24) is 9.21 Å². The van der Waals surface area contributed by atoms with E-state index in [0.717, 1.165) is 29.6 Å². The number of ether oxygens (including phenoxy) is 1. The third kappa shape index (κ3) is 4.80. The van der Waals surface area contributed by atoms with Gasteiger partial charge in [0.2, 0.25) is 10.0 Å². The Balaban J connectivity index is 2.13. The summed E-state index contributed by atoms with van der Waals surface area (Å²) in [5, 5.41) is 0.0601. The second-order valence-corrected chi connectivity index (χ2v) is 9.49. The lowest BCUT2D eigenvalue weighted by molar-refractivity contribution is -0.140. The van der Waals surface area contributed by atoms with Crippen molar-refractivity contribution in [1.29, 1.82) is 0 Å². The predicted molar refractivity (Wildman–Crippen MR) is 102 cm³/mol. The molecule has 0 aliphatic carbocycles. The molecular formula is C18H25ClN2O5S. The van der Waals surface area contributed by atoms with E-state index in [1.165, 1.54) is 26.2 Å². The number of benzene rings is 1. The molecule has 0 saturated carbocycles. The topological polar surface area (TPSA) is 84.0 Å². The van der Waals surface area contributed by atoms with Gasteiger partial charge < -0.3 is 9.64 Å². The number of hydrogen-bond acceptors (Lipinski definition) is 5. The fourth-order valence-electron chi connectivity index (χ4n) is 3.22. The van der Waals surface area contributed by atoms with Gasteiger partial charge in [0, 0.05) is 26.2 Å². The van der Waals surface area contributed by atoms with Crippen LogP contribution in [0.3, 0.4) is 0 Å². The summed E-state index contributed by atoms with van der Waals surface area (Å²) in [6, 6.07) is 3.99. The van der Waals surface area contributed by atoms with Crippen molar-refractivity contribution >= 4 is 33.5 Å². The minimum absolute atomic E-state index is 0.0601. The summed E-state index contributed by atoms with van der Waals surface area (Å²) in [6.45, 7) is 3.54. The lowest BCUT2D eigenvalue weighted by Crippen LogP contribution is -2.49. The van der Waals surface area contributed by atoms with Gasteiger partial charge in [0.1, 0.15) is 0 Å². The monoisotopic (exact) mass is 416 g/mol. The van der Waals surface area contributed by atoms with Gasteiger partial charge in [-0.1, -0.05) is 11.6 Å². The van der Waals surface area contributed by atoms with Crippen LogP contribution >= 0.6 is 11.6 Å². The van der Waals surface area contributed by atoms with Crippen molar-refractivity contribution in [3.05, 3.63) is 28.8 Å². The number of carbonyl (C=O) groups excluding carboxylic acids is 2. The highest BCUT2D eigenvalue weighted by molar-refractivity contribution is 7.89. The van der Waals surface area contributed by atoms with Crippen LogP contribution in [-0.4, -0.2) is 62.3 Å². The van der Waals surface area contributed by atoms with Crippen LogP contribution < -0.4 is 0 Å². The summed E-state index contributed by atoms with van der Waals surface area (Å²) in [4.78, 5) is 26.5. The normalized spacial score (nSPS) is 20.6. The molecule has 1 aromatic carbocycles. The predicted octanol–water partition coefficient (Wildman–Crippen LogP) is 2.54. The summed E-state index contributed by atoms with van der Waals surface area (Å²) in [6.07, 6.45) is 2.90. The molecule has 150 valence electrons. The first-order chi connectivity index (χ1) is 12.6. The average molecular weight is 417 g/mol. The largest absolute Gasteiger partial charge is 0.452 e. The van der Waals surface area contributed by atoms with E-state index in [0.29, 0.717) is 0 Å². The van der Waals surface area contributed by atoms with E-state index < -0.39 is 22.6 Å². The molecule has 27 heavy (non-hydrogen) atoms. The summed E-state index contributed by atoms with van der Waals surface area (Å²) >= 11 is 6.03. The first-order valence-corrected chi connectivity index (χ1v) is 10.6. The molecule has 1 saturated heterocycles. The molecule has 0 unspecified atom stereocenters. The fraction of sp³-hybridized carbons (Fsp3) is 0.556. The Morgan fingerprint density at radius 2 is 1.81 bits per heavy atom. The van der Waals surface area contributed by atoms with Crippen molar-refractivity contribution in [3.8, 4) is 0 Å². The first kappa shape index (κ1) is 21.7. The van der Waals surface area contributed by atoms with Crippen LogP contribution in [0.15, 0.2) is 23.1 Å². The summed E-state index contributed by atoms with van der Waals surface area (Å²) in [7, 11) is -0.940. The number of piperidine rings is 1. The molecular weight excluding hydrogens is 392 g/mol. The van der Waals surface area contributed by atoms with E-state index in [2.05, 4.69) is 0 Å². The molecule has 1 aliphatic heterocycles. The lowest BCUT2D eigenvalue weighted by Gasteiger charge is -2.38. The van der Waals surface area contributed by atoms with E-state index >= 15 is 0 Å². The van der Waals surface area contributed by atoms with Crippen molar-refractivity contribution in [2.45, 2.75) is 50.1 Å². The van der Waals surface area contributed by atoms with Gasteiger partial charge in [0.15, 0.2) is 6.61 Å². The van der Waals surface area contributed by atoms with Gasteiger partial charge in [-0.25, -0.2) is 17.5 Å². The zero-order chi connectivity index (χ0) is 20.4. The Bertz CT molecular complexity index is 815. The maximum atomic E-state index is 12.5. The van der Waals surface area contributed by atoms with Gasteiger partial charge in [-0.05, 0) is 51.3 Å². The highest BCUT2D eigenvalue weighted by atomic mass is 35.5. The zero-order valence-electron chi connectivity index (χ0n) is 15.9. The number of carbonyl (C=O) groups is 2. The molecule has 1 aliphatic rings. The van der Waals surface area contributed by atoms with E-state index in [-0.39, 0.29) is 33.5 Å². The van der Waals surface area contributed by atoms with Crippen molar-refractivity contribution in [2.75, 3.05) is 20.7 Å². The molecule has 2 rings (SSSR count). The van der Waals surface area contributed by atoms with Gasteiger partial charge in [-0.2, -0.15) is 0 Å². The molecule has 7 nitrogen and oxygen atoms in total. The number of hydrogen-bond donors (Lipinski definition) is 0. The highest BCUT2D eigenvalue weighted by Gasteiger charge is 2.30. The number of likely N-dealkylation sites (tertiary alicyclic amines) is 1. The zero-order valence-corrected chi connectivity index (χ0v) is 17.5. The second-order valence-electron chi connectivity index (χ2n) is 6.94. The highest BCUT2D eigenvalue weighted by Crippen LogP contribution is 2.24. The number of sulfonamides is 1. The third-order valence-corrected chi connectivity index (χ3v) is 6.89. The van der Waals surface area contributed by atoms with E-state index in [4.69, 9.17) is 16.3 Å². The SMILES string of the molecule is C[C@H]1CCC[C@H](C)N1C(=O)COC(=O)c1cc(S(=O)(=O)N(C)C)ccc1Cl. The maximum absolute atomic E-state index is 12.5. The number of nitrogens with zero attached hydrogens (tertiary/aromatic N) is 2. The molecule has 2 atom stereocenters. The molecule has 1 aromatic rings. The standard InChI is InChI=1S/C18H25ClN2O5S/c1-12-6-5-7-13(2)21(12)17(22)11-26-18(23)15-10-14(8-9-16(15)19)27(24,25)20(3)4/h8-10,12-13H,5-7,11H2,1-4H3/t12-,13-/m0/s1. The van der Waals surface area contributed by atoms with Crippen molar-refractivity contribution in [3.63, 3.8) is 0 Å². The third-order valence-electron chi connectivity index (χ3n) is 4.74. The summed E-state index contributed by atoms with van der Waals surface area (Å²) < 4.78 is 30.6. The minimum Gasteiger partial charge on any atom is -0.452 e. The van der Waals surface area contributed by atoms with E-state index in [9.17, 15) is 18.0 Å². The Kier molecular flexibility index (Phi) is 6.88. The molecule has 0 spiro atoms. The molecule has 9 heteroatoms. The number of amides is 1. The van der Waals surface area contributed by atoms with Crippen LogP contribution in [0.4, 0.5) is 0 Å². The van der Waals surface area contributed by atoms with Crippen molar-refractivity contribution < 1.29 is 22.7 Å². The van der Waals surface area contributed by atoms with Gasteiger partial charge in [0.25, 0.3) is 5.91 Å². The Hall–Kier alpha value is -1.64. The molecule has 0 radical (unpaired) electrons. The van der Waals surface area contributed by atoms with Crippen LogP contribution in [0.25, 0.3) is 0 Å². The Labute approximate surface area is 165 Å². The van der Waals surface area contributed by atoms with Gasteiger partial charge in [0.05, 0.1) is 15.5 Å². The second kappa shape index (κ2) is 8.58. The Morgan fingerprint density at radius 3 is 2.37 bits per heavy atom. The molecule has 1 heterocycles. The quantitative estimate of drug-likeness (QED) is 0.688. The summed E-state index contributed by atoms with van der Waals surface area (Å²) in [5.74, 6) is -1.10.